The van der Waals surface area contributed by atoms with Crippen molar-refractivity contribution in [3.05, 3.63) is 0 Å². The lowest BCUT2D eigenvalue weighted by Crippen LogP contribution is -2.34. The molecule has 1 rings (SSSR count). The highest BCUT2D eigenvalue weighted by Crippen LogP contribution is 2.33. The van der Waals surface area contributed by atoms with E-state index in [9.17, 15) is 4.79 Å². The van der Waals surface area contributed by atoms with Crippen molar-refractivity contribution in [1.29, 1.82) is 0 Å². The minimum Gasteiger partial charge on any atom is -0.480 e. The van der Waals surface area contributed by atoms with E-state index >= 15 is 0 Å². The fourth-order valence-electron chi connectivity index (χ4n) is 1.34. The van der Waals surface area contributed by atoms with Crippen molar-refractivity contribution in [2.24, 2.45) is 0 Å². The normalized spacial score (nSPS) is 24.1. The van der Waals surface area contributed by atoms with Crippen molar-refractivity contribution in [3.63, 3.8) is 0 Å². The van der Waals surface area contributed by atoms with E-state index in [1.807, 2.05) is 0 Å². The lowest BCUT2D eigenvalue weighted by molar-refractivity contribution is -0.140. The first kappa shape index (κ1) is 7.92. The summed E-state index contributed by atoms with van der Waals surface area (Å²) in [5, 5.41) is 8.69. The van der Waals surface area contributed by atoms with E-state index in [4.69, 9.17) is 17.7 Å². The quantitative estimate of drug-likeness (QED) is 0.635. The summed E-state index contributed by atoms with van der Waals surface area (Å²) in [6, 6.07) is 0. The van der Waals surface area contributed by atoms with Gasteiger partial charge in [-0.15, -0.1) is 0 Å². The van der Waals surface area contributed by atoms with Gasteiger partial charge in [-0.3, -0.25) is 4.79 Å². The molecule has 0 aromatic heterocycles. The van der Waals surface area contributed by atoms with Crippen LogP contribution in [0, 0.1) is 0 Å². The lowest BCUT2D eigenvalue weighted by Gasteiger charge is -2.26. The van der Waals surface area contributed by atoms with Crippen LogP contribution in [0.2, 0.25) is 0 Å². The molecule has 0 unspecified atom stereocenters. The first-order valence-corrected chi connectivity index (χ1v) is 4.00. The molecule has 1 saturated carbocycles. The molecule has 0 bridgehead atoms. The van der Waals surface area contributed by atoms with E-state index < -0.39 is 10.7 Å². The van der Waals surface area contributed by atoms with Gasteiger partial charge in [0.2, 0.25) is 0 Å². The second kappa shape index (κ2) is 2.82. The highest BCUT2D eigenvalue weighted by molar-refractivity contribution is 7.82. The summed E-state index contributed by atoms with van der Waals surface area (Å²) in [5.74, 6) is -0.804. The Hall–Kier alpha value is -0.180. The zero-order chi connectivity index (χ0) is 7.61. The van der Waals surface area contributed by atoms with E-state index in [0.717, 1.165) is 19.3 Å². The Morgan fingerprint density at radius 3 is 2.10 bits per heavy atom. The molecule has 1 aliphatic rings. The van der Waals surface area contributed by atoms with E-state index in [-0.39, 0.29) is 0 Å². The van der Waals surface area contributed by atoms with Gasteiger partial charge in [-0.2, -0.15) is 0 Å². The standard InChI is InChI=1S/C7H11O2S/c8-6(9)7(10)4-2-1-3-5-7/h1-5H2,(H,8,9). The first-order chi connectivity index (χ1) is 4.65. The highest BCUT2D eigenvalue weighted by Gasteiger charge is 2.36. The number of aliphatic carboxylic acids is 1. The van der Waals surface area contributed by atoms with Crippen molar-refractivity contribution in [3.8, 4) is 0 Å². The molecule has 1 N–H and O–H groups in total. The van der Waals surface area contributed by atoms with Crippen LogP contribution in [-0.2, 0) is 4.79 Å². The fraction of sp³-hybridized carbons (Fsp3) is 0.857. The minimum absolute atomic E-state index is 0.678. The van der Waals surface area contributed by atoms with Crippen molar-refractivity contribution < 1.29 is 9.90 Å². The monoisotopic (exact) mass is 159 g/mol. The van der Waals surface area contributed by atoms with Gasteiger partial charge < -0.3 is 5.11 Å². The van der Waals surface area contributed by atoms with Crippen LogP contribution in [0.5, 0.6) is 0 Å². The Morgan fingerprint density at radius 2 is 1.80 bits per heavy atom. The summed E-state index contributed by atoms with van der Waals surface area (Å²) in [6.45, 7) is 0. The third-order valence-corrected chi connectivity index (χ3v) is 2.63. The molecular weight excluding hydrogens is 148 g/mol. The number of rotatable bonds is 1. The molecule has 57 valence electrons. The van der Waals surface area contributed by atoms with E-state index in [1.165, 1.54) is 0 Å². The molecule has 0 aromatic rings. The molecule has 0 amide bonds. The maximum absolute atomic E-state index is 10.6. The summed E-state index contributed by atoms with van der Waals surface area (Å²) in [7, 11) is 0. The Labute approximate surface area is 66.0 Å². The molecule has 2 nitrogen and oxygen atoms in total. The van der Waals surface area contributed by atoms with Crippen molar-refractivity contribution >= 4 is 18.6 Å². The minimum atomic E-state index is -0.821. The molecule has 0 saturated heterocycles. The number of carboxylic acids is 1. The van der Waals surface area contributed by atoms with Gasteiger partial charge in [0, 0.05) is 0 Å². The van der Waals surface area contributed by atoms with Gasteiger partial charge >= 0.3 is 5.97 Å². The molecule has 0 aliphatic heterocycles. The zero-order valence-electron chi connectivity index (χ0n) is 5.80. The van der Waals surface area contributed by atoms with Crippen LogP contribution in [0.15, 0.2) is 0 Å². The summed E-state index contributed by atoms with van der Waals surface area (Å²) in [6.07, 6.45) is 4.46. The predicted octanol–water partition coefficient (Wildman–Crippen LogP) is 1.97. The number of carbonyl (C=O) groups is 1. The lowest BCUT2D eigenvalue weighted by atomic mass is 9.88. The number of hydrogen-bond acceptors (Lipinski definition) is 1. The molecule has 1 aliphatic carbocycles. The second-order valence-electron chi connectivity index (χ2n) is 2.86. The summed E-state index contributed by atoms with van der Waals surface area (Å²) in [4.78, 5) is 10.6. The molecule has 3 heteroatoms. The van der Waals surface area contributed by atoms with Gasteiger partial charge in [-0.25, -0.2) is 0 Å². The van der Waals surface area contributed by atoms with Crippen LogP contribution in [0.4, 0.5) is 0 Å². The van der Waals surface area contributed by atoms with E-state index in [1.54, 1.807) is 0 Å². The Balaban J connectivity index is 2.56. The van der Waals surface area contributed by atoms with Crippen LogP contribution in [0.3, 0.4) is 0 Å². The molecule has 0 heterocycles. The van der Waals surface area contributed by atoms with Gasteiger partial charge in [0.25, 0.3) is 0 Å². The van der Waals surface area contributed by atoms with Gasteiger partial charge in [-0.05, 0) is 12.8 Å². The number of carboxylic acid groups (broad SMARTS) is 1. The average Bonchev–Trinajstić information content (AvgIpc) is 1.89. The molecule has 10 heavy (non-hydrogen) atoms. The number of hydrogen-bond donors (Lipinski definition) is 1. The molecule has 1 radical (unpaired) electrons. The van der Waals surface area contributed by atoms with Gasteiger partial charge in [-0.1, -0.05) is 31.9 Å². The fourth-order valence-corrected chi connectivity index (χ4v) is 1.63. The average molecular weight is 159 g/mol. The van der Waals surface area contributed by atoms with Crippen LogP contribution in [-0.4, -0.2) is 15.8 Å². The topological polar surface area (TPSA) is 37.3 Å². The largest absolute Gasteiger partial charge is 0.480 e. The molecule has 1 fully saturated rings. The smallest absolute Gasteiger partial charge is 0.320 e. The highest BCUT2D eigenvalue weighted by atomic mass is 32.1. The molecule has 0 atom stereocenters. The van der Waals surface area contributed by atoms with E-state index in [0.29, 0.717) is 12.8 Å². The maximum Gasteiger partial charge on any atom is 0.320 e. The van der Waals surface area contributed by atoms with Gasteiger partial charge in [0.1, 0.15) is 4.75 Å². The maximum atomic E-state index is 10.6. The first-order valence-electron chi connectivity index (χ1n) is 3.59. The molecule has 0 aromatic carbocycles. The van der Waals surface area contributed by atoms with Crippen LogP contribution < -0.4 is 0 Å². The van der Waals surface area contributed by atoms with Crippen molar-refractivity contribution in [1.82, 2.24) is 0 Å². The Morgan fingerprint density at radius 1 is 1.30 bits per heavy atom. The third kappa shape index (κ3) is 1.45. The third-order valence-electron chi connectivity index (χ3n) is 2.05. The summed E-state index contributed by atoms with van der Waals surface area (Å²) < 4.78 is -0.821. The van der Waals surface area contributed by atoms with Gasteiger partial charge in [0.15, 0.2) is 0 Å². The Bertz CT molecular complexity index is 139. The zero-order valence-corrected chi connectivity index (χ0v) is 6.62. The van der Waals surface area contributed by atoms with Crippen molar-refractivity contribution in [2.45, 2.75) is 36.9 Å². The Kier molecular flexibility index (Phi) is 2.24. The molecular formula is C7H11O2S. The van der Waals surface area contributed by atoms with Crippen LogP contribution in [0.1, 0.15) is 32.1 Å². The summed E-state index contributed by atoms with van der Waals surface area (Å²) in [5.41, 5.74) is 0. The summed E-state index contributed by atoms with van der Waals surface area (Å²) >= 11 is 4.98. The van der Waals surface area contributed by atoms with Crippen LogP contribution in [0.25, 0.3) is 0 Å². The van der Waals surface area contributed by atoms with Gasteiger partial charge in [0.05, 0.1) is 0 Å². The predicted molar refractivity (Wildman–Crippen MR) is 41.0 cm³/mol. The van der Waals surface area contributed by atoms with E-state index in [2.05, 4.69) is 0 Å². The van der Waals surface area contributed by atoms with Crippen LogP contribution >= 0.6 is 12.6 Å². The van der Waals surface area contributed by atoms with Crippen molar-refractivity contribution in [2.75, 3.05) is 0 Å². The molecule has 0 spiro atoms. The SMILES string of the molecule is O=C(O)C1([S])CCCCC1. The second-order valence-corrected chi connectivity index (χ2v) is 3.64.